The molecule has 0 bridgehead atoms. The summed E-state index contributed by atoms with van der Waals surface area (Å²) >= 11 is 1.06. The van der Waals surface area contributed by atoms with Crippen LogP contribution >= 0.6 is 11.8 Å². The lowest BCUT2D eigenvalue weighted by Crippen LogP contribution is -2.45. The molecule has 0 radical (unpaired) electrons. The molecule has 5 rings (SSSR count). The topological polar surface area (TPSA) is 206 Å². The minimum absolute atomic E-state index is 0.0513. The maximum Gasteiger partial charge on any atom is 0.327 e. The van der Waals surface area contributed by atoms with Gasteiger partial charge in [-0.3, -0.25) is 19.2 Å². The van der Waals surface area contributed by atoms with Gasteiger partial charge < -0.3 is 40.4 Å². The molecule has 0 saturated carbocycles. The number of nitrogens with zero attached hydrogens (tertiary/aromatic N) is 5. The normalized spacial score (nSPS) is 13.6. The van der Waals surface area contributed by atoms with E-state index in [9.17, 15) is 33.5 Å². The molecule has 0 fully saturated rings. The molecule has 0 spiro atoms. The Morgan fingerprint density at radius 3 is 2.48 bits per heavy atom. The molecule has 2 aromatic carbocycles. The Labute approximate surface area is 362 Å². The minimum Gasteiger partial charge on any atom is -0.480 e. The highest BCUT2D eigenvalue weighted by Gasteiger charge is 2.37. The zero-order valence-electron chi connectivity index (χ0n) is 34.9. The van der Waals surface area contributed by atoms with Gasteiger partial charge in [0.2, 0.25) is 23.6 Å². The summed E-state index contributed by atoms with van der Waals surface area (Å²) in [4.78, 5) is 70.6. The SMILES string of the molecule is C=C1C=CC(=O)N1CC(=O)NCCc1nc(CCC(=O)NC(CSCC(=O)N(CCCN)C(c2cc(-c3cc(F)ccc3F)cn2Cc2ccccc2)C(C)(C)C)C(=O)O)no1. The molecular formula is C44H52F2N8O7S. The minimum atomic E-state index is -1.31. The van der Waals surface area contributed by atoms with E-state index < -0.39 is 46.9 Å². The van der Waals surface area contributed by atoms with Crippen molar-refractivity contribution in [3.05, 3.63) is 120 Å². The first kappa shape index (κ1) is 46.9. The van der Waals surface area contributed by atoms with Crippen LogP contribution in [-0.2, 0) is 43.4 Å². The average Bonchev–Trinajstić information content (AvgIpc) is 3.94. The third kappa shape index (κ3) is 12.9. The third-order valence-corrected chi connectivity index (χ3v) is 10.9. The van der Waals surface area contributed by atoms with Gasteiger partial charge in [0.05, 0.1) is 11.8 Å². The molecule has 2 atom stereocenters. The highest BCUT2D eigenvalue weighted by atomic mass is 32.2. The third-order valence-electron chi connectivity index (χ3n) is 9.92. The van der Waals surface area contributed by atoms with Crippen LogP contribution in [0.4, 0.5) is 8.78 Å². The molecule has 15 nitrogen and oxygen atoms in total. The lowest BCUT2D eigenvalue weighted by atomic mass is 9.83. The summed E-state index contributed by atoms with van der Waals surface area (Å²) in [6.07, 6.45) is 5.19. The quantitative estimate of drug-likeness (QED) is 0.0857. The number of rotatable bonds is 22. The number of aliphatic carboxylic acids is 1. The van der Waals surface area contributed by atoms with Crippen molar-refractivity contribution in [2.24, 2.45) is 11.1 Å². The van der Waals surface area contributed by atoms with Gasteiger partial charge in [-0.15, -0.1) is 11.8 Å². The van der Waals surface area contributed by atoms with E-state index in [0.29, 0.717) is 36.5 Å². The molecule has 4 aromatic rings. The van der Waals surface area contributed by atoms with Crippen LogP contribution in [0.5, 0.6) is 0 Å². The first-order valence-electron chi connectivity index (χ1n) is 20.1. The first-order chi connectivity index (χ1) is 29.5. The number of hydrogen-bond donors (Lipinski definition) is 4. The maximum atomic E-state index is 15.1. The van der Waals surface area contributed by atoms with Crippen LogP contribution in [0.1, 0.15) is 62.6 Å². The van der Waals surface area contributed by atoms with Crippen molar-refractivity contribution in [1.29, 1.82) is 0 Å². The molecule has 5 N–H and O–H groups in total. The van der Waals surface area contributed by atoms with Crippen molar-refractivity contribution in [2.75, 3.05) is 37.7 Å². The van der Waals surface area contributed by atoms with Gasteiger partial charge in [-0.1, -0.05) is 62.8 Å². The fourth-order valence-electron chi connectivity index (χ4n) is 6.95. The predicted molar refractivity (Wildman–Crippen MR) is 229 cm³/mol. The molecule has 2 unspecified atom stereocenters. The van der Waals surface area contributed by atoms with Crippen LogP contribution in [0, 0.1) is 17.0 Å². The van der Waals surface area contributed by atoms with E-state index >= 15 is 4.39 Å². The lowest BCUT2D eigenvalue weighted by molar-refractivity contribution is -0.141. The number of thioether (sulfide) groups is 1. The smallest absolute Gasteiger partial charge is 0.327 e. The number of allylic oxidation sites excluding steroid dienone is 1. The Morgan fingerprint density at radius 1 is 1.05 bits per heavy atom. The van der Waals surface area contributed by atoms with Crippen LogP contribution in [0.15, 0.2) is 89.7 Å². The van der Waals surface area contributed by atoms with Crippen molar-refractivity contribution in [3.8, 4) is 11.1 Å². The summed E-state index contributed by atoms with van der Waals surface area (Å²) in [5.41, 5.74) is 7.98. The van der Waals surface area contributed by atoms with E-state index in [0.717, 1.165) is 35.5 Å². The maximum absolute atomic E-state index is 15.1. The Kier molecular flexibility index (Phi) is 16.3. The second-order valence-electron chi connectivity index (χ2n) is 15.8. The molecule has 18 heteroatoms. The van der Waals surface area contributed by atoms with E-state index in [2.05, 4.69) is 27.4 Å². The van der Waals surface area contributed by atoms with Gasteiger partial charge in [0.1, 0.15) is 24.2 Å². The summed E-state index contributed by atoms with van der Waals surface area (Å²) in [5.74, 6) is -3.83. The zero-order valence-corrected chi connectivity index (χ0v) is 35.8. The molecule has 1 aliphatic rings. The number of carboxylic acid groups (broad SMARTS) is 1. The zero-order chi connectivity index (χ0) is 45.0. The molecule has 1 aliphatic heterocycles. The first-order valence-corrected chi connectivity index (χ1v) is 21.2. The number of aryl methyl sites for hydroxylation is 1. The van der Waals surface area contributed by atoms with Crippen molar-refractivity contribution < 1.29 is 42.4 Å². The highest BCUT2D eigenvalue weighted by Crippen LogP contribution is 2.41. The molecule has 0 saturated heterocycles. The second-order valence-corrected chi connectivity index (χ2v) is 16.8. The summed E-state index contributed by atoms with van der Waals surface area (Å²) < 4.78 is 36.7. The summed E-state index contributed by atoms with van der Waals surface area (Å²) in [6, 6.07) is 12.8. The number of nitrogens with one attached hydrogen (secondary N) is 2. The van der Waals surface area contributed by atoms with Crippen LogP contribution in [0.2, 0.25) is 0 Å². The Hall–Kier alpha value is -6.14. The summed E-state index contributed by atoms with van der Waals surface area (Å²) in [7, 11) is 0. The van der Waals surface area contributed by atoms with Gasteiger partial charge in [0, 0.05) is 79.4 Å². The standard InChI is InChI=1S/C44H52F2N8O7S/c1-28-11-16-40(57)54(28)25-38(56)48-19-17-39-50-36(51-61-39)14-15-37(55)49-34(43(59)60)26-62-27-41(58)53(20-8-18-47)42(44(2,3)4)35-21-30(32-22-31(45)12-13-33(32)46)24-52(35)23-29-9-6-5-7-10-29/h5-7,9-13,16,21-22,24,34,42H,1,8,14-15,17-20,23,25-27,47H2,2-4H3,(H,48,56)(H,49,55)(H,59,60). The van der Waals surface area contributed by atoms with Gasteiger partial charge in [0.15, 0.2) is 5.82 Å². The van der Waals surface area contributed by atoms with Crippen LogP contribution < -0.4 is 16.4 Å². The monoisotopic (exact) mass is 874 g/mol. The Balaban J connectivity index is 1.20. The van der Waals surface area contributed by atoms with E-state index in [4.69, 9.17) is 10.3 Å². The number of carboxylic acids is 1. The molecular weight excluding hydrogens is 823 g/mol. The number of carbonyl (C=O) groups excluding carboxylic acids is 4. The number of hydrogen-bond acceptors (Lipinski definition) is 10. The molecule has 0 aliphatic carbocycles. The van der Waals surface area contributed by atoms with Crippen LogP contribution in [-0.4, -0.2) is 103 Å². The Morgan fingerprint density at radius 2 is 1.81 bits per heavy atom. The average molecular weight is 875 g/mol. The second kappa shape index (κ2) is 21.6. The number of aromatic nitrogens is 3. The van der Waals surface area contributed by atoms with E-state index in [1.165, 1.54) is 17.1 Å². The van der Waals surface area contributed by atoms with E-state index in [1.807, 2.05) is 55.7 Å². The lowest BCUT2D eigenvalue weighted by Gasteiger charge is -2.41. The van der Waals surface area contributed by atoms with Crippen molar-refractivity contribution in [3.63, 3.8) is 0 Å². The van der Waals surface area contributed by atoms with Gasteiger partial charge >= 0.3 is 5.97 Å². The molecule has 330 valence electrons. The van der Waals surface area contributed by atoms with Gasteiger partial charge in [0.25, 0.3) is 5.91 Å². The Bertz CT molecular complexity index is 2260. The molecule has 2 aromatic heterocycles. The van der Waals surface area contributed by atoms with E-state index in [1.54, 1.807) is 17.2 Å². The highest BCUT2D eigenvalue weighted by molar-refractivity contribution is 8.00. The molecule has 4 amide bonds. The fraction of sp³-hybridized carbons (Fsp3) is 0.386. The number of halogens is 2. The summed E-state index contributed by atoms with van der Waals surface area (Å²) in [6.45, 7) is 10.6. The number of carbonyl (C=O) groups is 5. The van der Waals surface area contributed by atoms with Crippen LogP contribution in [0.3, 0.4) is 0 Å². The van der Waals surface area contributed by atoms with E-state index in [-0.39, 0.29) is 79.5 Å². The number of nitrogens with two attached hydrogens (primary N) is 1. The van der Waals surface area contributed by atoms with Crippen LogP contribution in [0.25, 0.3) is 11.1 Å². The number of benzene rings is 2. The predicted octanol–water partition coefficient (Wildman–Crippen LogP) is 4.64. The van der Waals surface area contributed by atoms with Gasteiger partial charge in [-0.25, -0.2) is 13.6 Å². The molecule has 3 heterocycles. The largest absolute Gasteiger partial charge is 0.480 e. The molecule has 62 heavy (non-hydrogen) atoms. The van der Waals surface area contributed by atoms with Crippen molar-refractivity contribution in [2.45, 2.75) is 65.1 Å². The fourth-order valence-corrected chi connectivity index (χ4v) is 7.87. The summed E-state index contributed by atoms with van der Waals surface area (Å²) in [5, 5.41) is 19.0. The van der Waals surface area contributed by atoms with Crippen molar-refractivity contribution in [1.82, 2.24) is 35.1 Å². The van der Waals surface area contributed by atoms with Crippen molar-refractivity contribution >= 4 is 41.4 Å². The van der Waals surface area contributed by atoms with Gasteiger partial charge in [-0.05, 0) is 54.3 Å². The van der Waals surface area contributed by atoms with Gasteiger partial charge in [-0.2, -0.15) is 4.98 Å². The number of amides is 4.